The Bertz CT molecular complexity index is 314. The molecule has 2 aliphatic heterocycles. The molecule has 20 heavy (non-hydrogen) atoms. The van der Waals surface area contributed by atoms with Gasteiger partial charge in [0.25, 0.3) is 5.91 Å². The molecule has 5 nitrogen and oxygen atoms in total. The van der Waals surface area contributed by atoms with Crippen LogP contribution in [0.4, 0.5) is 0 Å². The van der Waals surface area contributed by atoms with Crippen LogP contribution in [0.3, 0.4) is 0 Å². The fraction of sp³-hybridized carbons (Fsp3) is 0.933. The monoisotopic (exact) mass is 284 g/mol. The lowest BCUT2D eigenvalue weighted by molar-refractivity contribution is -0.145. The lowest BCUT2D eigenvalue weighted by Crippen LogP contribution is -2.45. The Morgan fingerprint density at radius 3 is 2.55 bits per heavy atom. The van der Waals surface area contributed by atoms with Gasteiger partial charge in [0.15, 0.2) is 0 Å². The van der Waals surface area contributed by atoms with Gasteiger partial charge in [-0.15, -0.1) is 0 Å². The maximum absolute atomic E-state index is 12.4. The van der Waals surface area contributed by atoms with E-state index in [9.17, 15) is 4.79 Å². The van der Waals surface area contributed by atoms with Crippen LogP contribution in [0.5, 0.6) is 0 Å². The topological polar surface area (TPSA) is 64.8 Å². The smallest absolute Gasteiger partial charge is 0.251 e. The highest BCUT2D eigenvalue weighted by atomic mass is 16.5. The van der Waals surface area contributed by atoms with Crippen molar-refractivity contribution in [1.29, 1.82) is 0 Å². The van der Waals surface area contributed by atoms with E-state index in [2.05, 4.69) is 13.8 Å². The van der Waals surface area contributed by atoms with E-state index in [1.165, 1.54) is 0 Å². The maximum atomic E-state index is 12.4. The molecule has 2 aliphatic rings. The highest BCUT2D eigenvalue weighted by Gasteiger charge is 2.34. The minimum atomic E-state index is -0.267. The summed E-state index contributed by atoms with van der Waals surface area (Å²) < 4.78 is 11.5. The van der Waals surface area contributed by atoms with E-state index in [0.717, 1.165) is 45.4 Å². The molecule has 5 heteroatoms. The molecule has 116 valence electrons. The number of hydrogen-bond donors (Lipinski definition) is 1. The number of carbonyl (C=O) groups is 1. The molecule has 0 aromatic rings. The molecular formula is C15H28N2O3. The summed E-state index contributed by atoms with van der Waals surface area (Å²) in [6.07, 6.45) is 3.69. The van der Waals surface area contributed by atoms with Crippen molar-refractivity contribution in [3.8, 4) is 0 Å². The number of carbonyl (C=O) groups excluding carboxylic acids is 1. The number of amides is 1. The Hall–Kier alpha value is -0.650. The van der Waals surface area contributed by atoms with Gasteiger partial charge in [-0.05, 0) is 31.6 Å². The van der Waals surface area contributed by atoms with Crippen molar-refractivity contribution >= 4 is 5.91 Å². The Morgan fingerprint density at radius 1 is 1.30 bits per heavy atom. The molecular weight excluding hydrogens is 256 g/mol. The summed E-state index contributed by atoms with van der Waals surface area (Å²) in [5.74, 6) is 0.706. The summed E-state index contributed by atoms with van der Waals surface area (Å²) in [5, 5.41) is 0. The summed E-state index contributed by atoms with van der Waals surface area (Å²) in [6.45, 7) is 7.20. The Labute approximate surface area is 121 Å². The van der Waals surface area contributed by atoms with Gasteiger partial charge in [-0.3, -0.25) is 4.79 Å². The van der Waals surface area contributed by atoms with Crippen molar-refractivity contribution in [3.05, 3.63) is 0 Å². The Kier molecular flexibility index (Phi) is 5.81. The number of nitrogens with zero attached hydrogens (tertiary/aromatic N) is 1. The number of likely N-dealkylation sites (tertiary alicyclic amines) is 1. The maximum Gasteiger partial charge on any atom is 0.251 e. The zero-order chi connectivity index (χ0) is 14.5. The van der Waals surface area contributed by atoms with Gasteiger partial charge in [0.1, 0.15) is 6.10 Å². The van der Waals surface area contributed by atoms with E-state index in [0.29, 0.717) is 18.6 Å². The van der Waals surface area contributed by atoms with E-state index in [-0.39, 0.29) is 18.1 Å². The second kappa shape index (κ2) is 7.38. The van der Waals surface area contributed by atoms with Gasteiger partial charge in [0.05, 0.1) is 12.2 Å². The number of rotatable bonds is 5. The van der Waals surface area contributed by atoms with Crippen LogP contribution in [0.15, 0.2) is 0 Å². The molecule has 2 N–H and O–H groups in total. The summed E-state index contributed by atoms with van der Waals surface area (Å²) in [7, 11) is 0. The first-order chi connectivity index (χ1) is 9.60. The standard InChI is InChI=1S/C15H28N2O3/c1-11(2)10-19-12-5-7-17(8-6-12)15(18)14-4-3-13(9-16)20-14/h11-14H,3-10,16H2,1-2H3/t13-,14+/m1/s1. The summed E-state index contributed by atoms with van der Waals surface area (Å²) >= 11 is 0. The molecule has 0 saturated carbocycles. The highest BCUT2D eigenvalue weighted by molar-refractivity contribution is 5.81. The van der Waals surface area contributed by atoms with Crippen molar-refractivity contribution in [2.24, 2.45) is 11.7 Å². The Morgan fingerprint density at radius 2 is 2.00 bits per heavy atom. The molecule has 2 heterocycles. The van der Waals surface area contributed by atoms with Crippen molar-refractivity contribution in [2.45, 2.75) is 57.8 Å². The normalized spacial score (nSPS) is 28.3. The molecule has 2 rings (SSSR count). The molecule has 0 aliphatic carbocycles. The van der Waals surface area contributed by atoms with Crippen molar-refractivity contribution < 1.29 is 14.3 Å². The number of nitrogens with two attached hydrogens (primary N) is 1. The first-order valence-electron chi connectivity index (χ1n) is 7.86. The van der Waals surface area contributed by atoms with Gasteiger partial charge in [0.2, 0.25) is 0 Å². The quantitative estimate of drug-likeness (QED) is 0.822. The van der Waals surface area contributed by atoms with Crippen LogP contribution >= 0.6 is 0 Å². The average Bonchev–Trinajstić information content (AvgIpc) is 2.94. The molecule has 2 fully saturated rings. The summed E-state index contributed by atoms with van der Waals surface area (Å²) in [4.78, 5) is 14.3. The molecule has 0 spiro atoms. The minimum Gasteiger partial charge on any atom is -0.378 e. The number of ether oxygens (including phenoxy) is 2. The van der Waals surface area contributed by atoms with Crippen LogP contribution in [0.1, 0.15) is 39.5 Å². The molecule has 0 unspecified atom stereocenters. The van der Waals surface area contributed by atoms with Gasteiger partial charge in [-0.1, -0.05) is 13.8 Å². The van der Waals surface area contributed by atoms with Crippen LogP contribution < -0.4 is 5.73 Å². The summed E-state index contributed by atoms with van der Waals surface area (Å²) in [5.41, 5.74) is 5.58. The van der Waals surface area contributed by atoms with E-state index in [1.54, 1.807) is 0 Å². The Balaban J connectivity index is 1.72. The largest absolute Gasteiger partial charge is 0.378 e. The van der Waals surface area contributed by atoms with Crippen LogP contribution in [0, 0.1) is 5.92 Å². The molecule has 2 atom stereocenters. The summed E-state index contributed by atoms with van der Waals surface area (Å²) in [6, 6.07) is 0. The second-order valence-corrected chi connectivity index (χ2v) is 6.31. The van der Waals surface area contributed by atoms with Crippen molar-refractivity contribution in [3.63, 3.8) is 0 Å². The first-order valence-corrected chi connectivity index (χ1v) is 7.86. The lowest BCUT2D eigenvalue weighted by Gasteiger charge is -2.33. The molecule has 0 radical (unpaired) electrons. The van der Waals surface area contributed by atoms with E-state index < -0.39 is 0 Å². The third-order valence-electron chi connectivity index (χ3n) is 4.06. The zero-order valence-electron chi connectivity index (χ0n) is 12.7. The van der Waals surface area contributed by atoms with Gasteiger partial charge < -0.3 is 20.1 Å². The number of piperidine rings is 1. The SMILES string of the molecule is CC(C)COC1CCN(C(=O)[C@@H]2CC[C@H](CN)O2)CC1. The van der Waals surface area contributed by atoms with Crippen LogP contribution in [0.25, 0.3) is 0 Å². The third kappa shape index (κ3) is 4.17. The second-order valence-electron chi connectivity index (χ2n) is 6.31. The predicted octanol–water partition coefficient (Wildman–Crippen LogP) is 1.16. The van der Waals surface area contributed by atoms with Crippen molar-refractivity contribution in [2.75, 3.05) is 26.2 Å². The molecule has 0 bridgehead atoms. The molecule has 0 aromatic heterocycles. The van der Waals surface area contributed by atoms with Gasteiger partial charge in [0, 0.05) is 26.2 Å². The third-order valence-corrected chi connectivity index (χ3v) is 4.06. The van der Waals surface area contributed by atoms with Crippen LogP contribution in [-0.4, -0.2) is 55.4 Å². The van der Waals surface area contributed by atoms with Gasteiger partial charge in [-0.25, -0.2) is 0 Å². The van der Waals surface area contributed by atoms with Gasteiger partial charge in [-0.2, -0.15) is 0 Å². The van der Waals surface area contributed by atoms with E-state index >= 15 is 0 Å². The van der Waals surface area contributed by atoms with E-state index in [4.69, 9.17) is 15.2 Å². The number of hydrogen-bond acceptors (Lipinski definition) is 4. The van der Waals surface area contributed by atoms with Crippen molar-refractivity contribution in [1.82, 2.24) is 4.90 Å². The molecule has 1 amide bonds. The highest BCUT2D eigenvalue weighted by Crippen LogP contribution is 2.23. The minimum absolute atomic E-state index is 0.0656. The lowest BCUT2D eigenvalue weighted by atomic mass is 10.1. The van der Waals surface area contributed by atoms with Crippen LogP contribution in [-0.2, 0) is 14.3 Å². The van der Waals surface area contributed by atoms with Crippen LogP contribution in [0.2, 0.25) is 0 Å². The molecule has 2 saturated heterocycles. The average molecular weight is 284 g/mol. The zero-order valence-corrected chi connectivity index (χ0v) is 12.7. The fourth-order valence-electron chi connectivity index (χ4n) is 2.84. The van der Waals surface area contributed by atoms with E-state index in [1.807, 2.05) is 4.90 Å². The molecule has 0 aromatic carbocycles. The first kappa shape index (κ1) is 15.7. The van der Waals surface area contributed by atoms with Gasteiger partial charge >= 0.3 is 0 Å². The predicted molar refractivity (Wildman–Crippen MR) is 77.3 cm³/mol. The fourth-order valence-corrected chi connectivity index (χ4v) is 2.84.